The van der Waals surface area contributed by atoms with E-state index in [9.17, 15) is 9.59 Å². The average molecular weight is 210 g/mol. The minimum Gasteiger partial charge on any atom is -0.465 e. The van der Waals surface area contributed by atoms with E-state index in [1.165, 1.54) is 0 Å². The predicted molar refractivity (Wildman–Crippen MR) is 57.3 cm³/mol. The molecule has 84 valence electrons. The highest BCUT2D eigenvalue weighted by Gasteiger charge is 2.37. The standard InChI is InChI=1S/C12H18O3/c1-9(13)8-10-6-4-5-7-15-11(14)12(10,2)3/h4,6,10H,5,7-8H2,1-3H3/b6-4-. The molecule has 3 heteroatoms. The van der Waals surface area contributed by atoms with Gasteiger partial charge in [-0.1, -0.05) is 12.2 Å². The molecule has 0 fully saturated rings. The molecule has 0 aromatic rings. The number of carbonyl (C=O) groups excluding carboxylic acids is 2. The Labute approximate surface area is 90.5 Å². The molecule has 0 saturated carbocycles. The number of rotatable bonds is 2. The zero-order valence-corrected chi connectivity index (χ0v) is 9.58. The predicted octanol–water partition coefficient (Wildman–Crippen LogP) is 2.11. The van der Waals surface area contributed by atoms with Crippen LogP contribution in [0.25, 0.3) is 0 Å². The van der Waals surface area contributed by atoms with Crippen LogP contribution in [0.15, 0.2) is 12.2 Å². The summed E-state index contributed by atoms with van der Waals surface area (Å²) in [4.78, 5) is 22.8. The number of esters is 1. The number of ether oxygens (including phenoxy) is 1. The number of allylic oxidation sites excluding steroid dienone is 1. The van der Waals surface area contributed by atoms with Crippen LogP contribution in [0, 0.1) is 11.3 Å². The minimum absolute atomic E-state index is 0.0530. The third-order valence-corrected chi connectivity index (χ3v) is 2.85. The topological polar surface area (TPSA) is 43.4 Å². The normalized spacial score (nSPS) is 27.4. The summed E-state index contributed by atoms with van der Waals surface area (Å²) in [5.41, 5.74) is -0.609. The molecule has 1 aliphatic heterocycles. The van der Waals surface area contributed by atoms with Gasteiger partial charge >= 0.3 is 5.97 Å². The maximum Gasteiger partial charge on any atom is 0.312 e. The molecular weight excluding hydrogens is 192 g/mol. The average Bonchev–Trinajstić information content (AvgIpc) is 2.13. The molecule has 15 heavy (non-hydrogen) atoms. The van der Waals surface area contributed by atoms with E-state index in [0.29, 0.717) is 13.0 Å². The summed E-state index contributed by atoms with van der Waals surface area (Å²) < 4.78 is 5.11. The van der Waals surface area contributed by atoms with Gasteiger partial charge in [-0.15, -0.1) is 0 Å². The lowest BCUT2D eigenvalue weighted by atomic mass is 9.75. The number of hydrogen-bond acceptors (Lipinski definition) is 3. The van der Waals surface area contributed by atoms with Crippen molar-refractivity contribution in [3.8, 4) is 0 Å². The molecule has 0 aromatic heterocycles. The van der Waals surface area contributed by atoms with Crippen molar-refractivity contribution in [1.82, 2.24) is 0 Å². The summed E-state index contributed by atoms with van der Waals surface area (Å²) in [6.45, 7) is 5.65. The third-order valence-electron chi connectivity index (χ3n) is 2.85. The fourth-order valence-corrected chi connectivity index (χ4v) is 1.69. The van der Waals surface area contributed by atoms with Crippen molar-refractivity contribution in [2.45, 2.75) is 33.6 Å². The Morgan fingerprint density at radius 2 is 2.27 bits per heavy atom. The van der Waals surface area contributed by atoms with Gasteiger partial charge in [0.25, 0.3) is 0 Å². The molecule has 0 amide bonds. The summed E-state index contributed by atoms with van der Waals surface area (Å²) in [7, 11) is 0. The lowest BCUT2D eigenvalue weighted by Gasteiger charge is -2.30. The zero-order valence-electron chi connectivity index (χ0n) is 9.58. The van der Waals surface area contributed by atoms with E-state index in [-0.39, 0.29) is 17.7 Å². The van der Waals surface area contributed by atoms with Crippen molar-refractivity contribution in [1.29, 1.82) is 0 Å². The molecular formula is C12H18O3. The monoisotopic (exact) mass is 210 g/mol. The van der Waals surface area contributed by atoms with Gasteiger partial charge in [-0.2, -0.15) is 0 Å². The maximum absolute atomic E-state index is 11.7. The minimum atomic E-state index is -0.609. The second-order valence-electron chi connectivity index (χ2n) is 4.59. The fourth-order valence-electron chi connectivity index (χ4n) is 1.69. The van der Waals surface area contributed by atoms with Crippen LogP contribution in [0.2, 0.25) is 0 Å². The van der Waals surface area contributed by atoms with Crippen molar-refractivity contribution in [2.75, 3.05) is 6.61 Å². The summed E-state index contributed by atoms with van der Waals surface area (Å²) in [6, 6.07) is 0. The molecule has 0 bridgehead atoms. The molecule has 1 aliphatic rings. The Bertz CT molecular complexity index is 289. The Hall–Kier alpha value is -1.12. The number of Topliss-reactive ketones (excluding diaryl/α,β-unsaturated/α-hetero) is 1. The van der Waals surface area contributed by atoms with Crippen LogP contribution < -0.4 is 0 Å². The first-order valence-corrected chi connectivity index (χ1v) is 5.28. The number of hydrogen-bond donors (Lipinski definition) is 0. The Balaban J connectivity index is 2.90. The van der Waals surface area contributed by atoms with E-state index in [1.54, 1.807) is 6.92 Å². The van der Waals surface area contributed by atoms with E-state index in [2.05, 4.69) is 0 Å². The highest BCUT2D eigenvalue weighted by Crippen LogP contribution is 2.33. The number of ketones is 1. The zero-order chi connectivity index (χ0) is 11.5. The highest BCUT2D eigenvalue weighted by molar-refractivity contribution is 5.80. The van der Waals surface area contributed by atoms with Crippen LogP contribution in [0.4, 0.5) is 0 Å². The molecule has 1 atom stereocenters. The lowest BCUT2D eigenvalue weighted by Crippen LogP contribution is -2.35. The maximum atomic E-state index is 11.7. The van der Waals surface area contributed by atoms with Crippen LogP contribution in [-0.2, 0) is 14.3 Å². The van der Waals surface area contributed by atoms with Gasteiger partial charge in [-0.3, -0.25) is 4.79 Å². The Morgan fingerprint density at radius 1 is 1.60 bits per heavy atom. The number of cyclic esters (lactones) is 1. The molecule has 0 radical (unpaired) electrons. The highest BCUT2D eigenvalue weighted by atomic mass is 16.5. The Kier molecular flexibility index (Phi) is 3.66. The van der Waals surface area contributed by atoms with Crippen molar-refractivity contribution < 1.29 is 14.3 Å². The first kappa shape index (κ1) is 12.0. The van der Waals surface area contributed by atoms with Gasteiger partial charge in [0.2, 0.25) is 0 Å². The molecule has 0 saturated heterocycles. The van der Waals surface area contributed by atoms with E-state index < -0.39 is 5.41 Å². The van der Waals surface area contributed by atoms with Crippen molar-refractivity contribution >= 4 is 11.8 Å². The molecule has 0 aliphatic carbocycles. The largest absolute Gasteiger partial charge is 0.465 e. The number of carbonyl (C=O) groups is 2. The lowest BCUT2D eigenvalue weighted by molar-refractivity contribution is -0.156. The van der Waals surface area contributed by atoms with E-state index in [0.717, 1.165) is 6.42 Å². The van der Waals surface area contributed by atoms with Crippen LogP contribution in [-0.4, -0.2) is 18.4 Å². The molecule has 3 nitrogen and oxygen atoms in total. The van der Waals surface area contributed by atoms with Crippen molar-refractivity contribution in [3.63, 3.8) is 0 Å². The quantitative estimate of drug-likeness (QED) is 0.518. The van der Waals surface area contributed by atoms with Crippen molar-refractivity contribution in [2.24, 2.45) is 11.3 Å². The molecule has 1 heterocycles. The van der Waals surface area contributed by atoms with Gasteiger partial charge in [-0.05, 0) is 33.1 Å². The van der Waals surface area contributed by atoms with Crippen LogP contribution in [0.1, 0.15) is 33.6 Å². The first-order chi connectivity index (χ1) is 6.94. The van der Waals surface area contributed by atoms with Gasteiger partial charge in [0, 0.05) is 6.42 Å². The summed E-state index contributed by atoms with van der Waals surface area (Å²) >= 11 is 0. The second-order valence-corrected chi connectivity index (χ2v) is 4.59. The van der Waals surface area contributed by atoms with Crippen LogP contribution in [0.5, 0.6) is 0 Å². The summed E-state index contributed by atoms with van der Waals surface area (Å²) in [6.07, 6.45) is 5.10. The fraction of sp³-hybridized carbons (Fsp3) is 0.667. The van der Waals surface area contributed by atoms with Gasteiger partial charge in [0.15, 0.2) is 0 Å². The van der Waals surface area contributed by atoms with E-state index >= 15 is 0 Å². The van der Waals surface area contributed by atoms with Gasteiger partial charge in [0.05, 0.1) is 12.0 Å². The van der Waals surface area contributed by atoms with E-state index in [1.807, 2.05) is 26.0 Å². The van der Waals surface area contributed by atoms with Gasteiger partial charge < -0.3 is 9.53 Å². The van der Waals surface area contributed by atoms with Gasteiger partial charge in [0.1, 0.15) is 5.78 Å². The van der Waals surface area contributed by atoms with Crippen LogP contribution >= 0.6 is 0 Å². The smallest absolute Gasteiger partial charge is 0.312 e. The summed E-state index contributed by atoms with van der Waals surface area (Å²) in [5.74, 6) is -0.160. The Morgan fingerprint density at radius 3 is 2.87 bits per heavy atom. The van der Waals surface area contributed by atoms with Crippen molar-refractivity contribution in [3.05, 3.63) is 12.2 Å². The second kappa shape index (κ2) is 4.60. The molecule has 0 N–H and O–H groups in total. The van der Waals surface area contributed by atoms with Crippen LogP contribution in [0.3, 0.4) is 0 Å². The molecule has 0 aromatic carbocycles. The SMILES string of the molecule is CC(=O)CC1/C=C\CCOC(=O)C1(C)C. The first-order valence-electron chi connectivity index (χ1n) is 5.28. The summed E-state index contributed by atoms with van der Waals surface area (Å²) in [5, 5.41) is 0. The third kappa shape index (κ3) is 2.91. The molecule has 1 unspecified atom stereocenters. The van der Waals surface area contributed by atoms with Gasteiger partial charge in [-0.25, -0.2) is 0 Å². The molecule has 1 rings (SSSR count). The molecule has 0 spiro atoms. The van der Waals surface area contributed by atoms with E-state index in [4.69, 9.17) is 4.74 Å².